The number of para-hydroxylation sites is 2. The highest BCUT2D eigenvalue weighted by molar-refractivity contribution is 7.00. The second kappa shape index (κ2) is 11.6. The van der Waals surface area contributed by atoms with Gasteiger partial charge in [-0.05, 0) is 94.1 Å². The van der Waals surface area contributed by atoms with Crippen molar-refractivity contribution in [3.8, 4) is 11.1 Å². The van der Waals surface area contributed by atoms with Gasteiger partial charge in [-0.25, -0.2) is 0 Å². The topological polar surface area (TPSA) is 6.48 Å². The highest BCUT2D eigenvalue weighted by Gasteiger charge is 2.43. The van der Waals surface area contributed by atoms with Crippen molar-refractivity contribution < 1.29 is 0 Å². The molecule has 3 heteroatoms. The minimum absolute atomic E-state index is 0.0740. The lowest BCUT2D eigenvalue weighted by atomic mass is 9.33. The minimum Gasteiger partial charge on any atom is -0.311 e. The molecule has 0 N–H and O–H groups in total. The molecule has 0 saturated heterocycles. The molecule has 0 atom stereocenters. The van der Waals surface area contributed by atoms with E-state index in [0.717, 1.165) is 11.4 Å². The highest BCUT2D eigenvalue weighted by atomic mass is 15.2. The molecule has 46 heavy (non-hydrogen) atoms. The Morgan fingerprint density at radius 2 is 1.22 bits per heavy atom. The van der Waals surface area contributed by atoms with Crippen LogP contribution in [-0.2, 0) is 0 Å². The Hall–Kier alpha value is -5.80. The quantitative estimate of drug-likeness (QED) is 0.141. The maximum Gasteiger partial charge on any atom is 0.252 e. The molecule has 0 radical (unpaired) electrons. The second-order valence-corrected chi connectivity index (χ2v) is 11.9. The fourth-order valence-corrected chi connectivity index (χ4v) is 7.07. The monoisotopic (exact) mass is 588 g/mol. The Kier molecular flexibility index (Phi) is 7.00. The summed E-state index contributed by atoms with van der Waals surface area (Å²) in [5.41, 5.74) is 15.7. The summed E-state index contributed by atoms with van der Waals surface area (Å²) in [6, 6.07) is 54.5. The Bertz CT molecular complexity index is 2130. The number of allylic oxidation sites excluding steroid dienone is 4. The smallest absolute Gasteiger partial charge is 0.252 e. The third kappa shape index (κ3) is 4.60. The molecule has 0 aromatic heterocycles. The lowest BCUT2D eigenvalue weighted by Crippen LogP contribution is -2.61. The maximum atomic E-state index is 4.32. The SMILES string of the molecule is C=C/C(=C\C=C(/C)c1ccccc1)N1c2ccc(-c3ccccc3)cc2B2c3ccccc3N(c3ccccc3)c3cccc1c32. The van der Waals surface area contributed by atoms with E-state index in [-0.39, 0.29) is 6.71 Å². The molecule has 0 amide bonds. The largest absolute Gasteiger partial charge is 0.311 e. The van der Waals surface area contributed by atoms with Gasteiger partial charge in [0.1, 0.15) is 0 Å². The van der Waals surface area contributed by atoms with E-state index < -0.39 is 0 Å². The summed E-state index contributed by atoms with van der Waals surface area (Å²) in [7, 11) is 0. The van der Waals surface area contributed by atoms with Crippen LogP contribution >= 0.6 is 0 Å². The summed E-state index contributed by atoms with van der Waals surface area (Å²) in [6.07, 6.45) is 6.39. The molecule has 2 heterocycles. The van der Waals surface area contributed by atoms with E-state index >= 15 is 0 Å². The van der Waals surface area contributed by atoms with Crippen molar-refractivity contribution in [2.45, 2.75) is 6.92 Å². The molecular weight excluding hydrogens is 555 g/mol. The van der Waals surface area contributed by atoms with Crippen molar-refractivity contribution >= 4 is 57.1 Å². The zero-order valence-electron chi connectivity index (χ0n) is 25.8. The number of benzene rings is 6. The van der Waals surface area contributed by atoms with Gasteiger partial charge in [0.15, 0.2) is 0 Å². The van der Waals surface area contributed by atoms with Gasteiger partial charge in [0.2, 0.25) is 0 Å². The van der Waals surface area contributed by atoms with Crippen molar-refractivity contribution in [2.75, 3.05) is 9.80 Å². The van der Waals surface area contributed by atoms with Crippen LogP contribution in [0.5, 0.6) is 0 Å². The minimum atomic E-state index is 0.0740. The van der Waals surface area contributed by atoms with Gasteiger partial charge in [-0.15, -0.1) is 0 Å². The molecule has 6 aromatic rings. The molecule has 0 saturated carbocycles. The predicted octanol–water partition coefficient (Wildman–Crippen LogP) is 9.28. The van der Waals surface area contributed by atoms with E-state index in [1.54, 1.807) is 0 Å². The summed E-state index contributed by atoms with van der Waals surface area (Å²) in [6.45, 7) is 6.56. The fourth-order valence-electron chi connectivity index (χ4n) is 7.07. The van der Waals surface area contributed by atoms with E-state index in [0.29, 0.717) is 0 Å². The van der Waals surface area contributed by atoms with Gasteiger partial charge < -0.3 is 9.80 Å². The van der Waals surface area contributed by atoms with Crippen LogP contribution in [0, 0.1) is 0 Å². The van der Waals surface area contributed by atoms with Crippen LogP contribution in [-0.4, -0.2) is 6.71 Å². The van der Waals surface area contributed by atoms with Crippen molar-refractivity contribution in [1.29, 1.82) is 0 Å². The maximum absolute atomic E-state index is 4.32. The van der Waals surface area contributed by atoms with Crippen LogP contribution in [0.1, 0.15) is 12.5 Å². The van der Waals surface area contributed by atoms with Crippen LogP contribution in [0.25, 0.3) is 16.7 Å². The van der Waals surface area contributed by atoms with Crippen molar-refractivity contribution in [2.24, 2.45) is 0 Å². The van der Waals surface area contributed by atoms with E-state index in [2.05, 4.69) is 187 Å². The van der Waals surface area contributed by atoms with E-state index in [4.69, 9.17) is 0 Å². The standard InChI is InChI=1S/C43H33BN2/c1-3-35(28-26-31(2)32-16-7-4-8-17-32)45-40-29-27-34(33-18-9-5-10-19-33)30-38(40)44-37-22-13-14-23-39(37)46(36-20-11-6-12-21-36)42-25-15-24-41(45)43(42)44/h3-30H,1H2,2H3/b31-26+,35-28+. The van der Waals surface area contributed by atoms with Crippen molar-refractivity contribution in [1.82, 2.24) is 0 Å². The van der Waals surface area contributed by atoms with E-state index in [1.807, 2.05) is 6.08 Å². The van der Waals surface area contributed by atoms with Gasteiger partial charge in [-0.1, -0.05) is 128 Å². The van der Waals surface area contributed by atoms with Gasteiger partial charge in [0.05, 0.1) is 0 Å². The summed E-state index contributed by atoms with van der Waals surface area (Å²) < 4.78 is 0. The van der Waals surface area contributed by atoms with E-state index in [1.165, 1.54) is 61.4 Å². The van der Waals surface area contributed by atoms with Crippen LogP contribution in [0.3, 0.4) is 0 Å². The Balaban J connectivity index is 1.39. The molecule has 218 valence electrons. The molecular formula is C43H33BN2. The molecule has 0 aliphatic carbocycles. The van der Waals surface area contributed by atoms with Crippen molar-refractivity contribution in [3.63, 3.8) is 0 Å². The first-order valence-corrected chi connectivity index (χ1v) is 15.9. The summed E-state index contributed by atoms with van der Waals surface area (Å²) in [5, 5.41) is 0. The fraction of sp³-hybridized carbons (Fsp3) is 0.0233. The van der Waals surface area contributed by atoms with Gasteiger partial charge in [0.25, 0.3) is 6.71 Å². The molecule has 2 aliphatic heterocycles. The van der Waals surface area contributed by atoms with Crippen LogP contribution in [0.15, 0.2) is 182 Å². The number of nitrogens with zero attached hydrogens (tertiary/aromatic N) is 2. The van der Waals surface area contributed by atoms with Gasteiger partial charge in [-0.3, -0.25) is 0 Å². The average Bonchev–Trinajstić information content (AvgIpc) is 3.13. The average molecular weight is 589 g/mol. The first-order chi connectivity index (χ1) is 22.7. The molecule has 6 aromatic carbocycles. The zero-order valence-corrected chi connectivity index (χ0v) is 25.8. The molecule has 2 aliphatic rings. The molecule has 0 unspecified atom stereocenters. The van der Waals surface area contributed by atoms with Gasteiger partial charge in [-0.2, -0.15) is 0 Å². The Morgan fingerprint density at radius 1 is 0.565 bits per heavy atom. The summed E-state index contributed by atoms with van der Waals surface area (Å²) in [4.78, 5) is 4.82. The number of rotatable bonds is 6. The lowest BCUT2D eigenvalue weighted by molar-refractivity contribution is 1.20. The highest BCUT2D eigenvalue weighted by Crippen LogP contribution is 2.42. The number of hydrogen-bond donors (Lipinski definition) is 0. The lowest BCUT2D eigenvalue weighted by Gasteiger charge is -2.44. The number of fused-ring (bicyclic) bond motifs is 4. The van der Waals surface area contributed by atoms with Crippen LogP contribution in [0.4, 0.5) is 28.4 Å². The van der Waals surface area contributed by atoms with Gasteiger partial charge in [0, 0.05) is 34.1 Å². The first-order valence-electron chi connectivity index (χ1n) is 15.9. The zero-order chi connectivity index (χ0) is 31.0. The molecule has 0 bridgehead atoms. The van der Waals surface area contributed by atoms with Crippen LogP contribution < -0.4 is 26.2 Å². The normalized spacial score (nSPS) is 13.5. The molecule has 0 spiro atoms. The summed E-state index contributed by atoms with van der Waals surface area (Å²) >= 11 is 0. The molecule has 0 fully saturated rings. The van der Waals surface area contributed by atoms with Crippen LogP contribution in [0.2, 0.25) is 0 Å². The third-order valence-corrected chi connectivity index (χ3v) is 9.22. The number of anilines is 5. The Morgan fingerprint density at radius 3 is 1.98 bits per heavy atom. The van der Waals surface area contributed by atoms with Gasteiger partial charge >= 0.3 is 0 Å². The third-order valence-electron chi connectivity index (χ3n) is 9.22. The van der Waals surface area contributed by atoms with E-state index in [9.17, 15) is 0 Å². The van der Waals surface area contributed by atoms with Crippen molar-refractivity contribution in [3.05, 3.63) is 188 Å². The Labute approximate surface area is 272 Å². The molecule has 8 rings (SSSR count). The summed E-state index contributed by atoms with van der Waals surface area (Å²) in [5.74, 6) is 0. The second-order valence-electron chi connectivity index (χ2n) is 11.9. The first kappa shape index (κ1) is 27.7. The predicted molar refractivity (Wildman–Crippen MR) is 198 cm³/mol. The number of hydrogen-bond acceptors (Lipinski definition) is 2. The molecule has 2 nitrogen and oxygen atoms in total.